The second-order valence-corrected chi connectivity index (χ2v) is 8.72. The summed E-state index contributed by atoms with van der Waals surface area (Å²) in [5, 5.41) is 1.81. The van der Waals surface area contributed by atoms with E-state index in [0.717, 1.165) is 11.1 Å². The predicted octanol–water partition coefficient (Wildman–Crippen LogP) is 1.17. The minimum atomic E-state index is -3.73. The van der Waals surface area contributed by atoms with Gasteiger partial charge in [-0.1, -0.05) is 24.3 Å². The second-order valence-electron chi connectivity index (χ2n) is 6.78. The van der Waals surface area contributed by atoms with Gasteiger partial charge in [-0.2, -0.15) is 4.31 Å². The fourth-order valence-corrected chi connectivity index (χ4v) is 4.51. The third-order valence-corrected chi connectivity index (χ3v) is 6.58. The van der Waals surface area contributed by atoms with Crippen molar-refractivity contribution in [2.45, 2.75) is 30.9 Å². The van der Waals surface area contributed by atoms with Gasteiger partial charge in [-0.3, -0.25) is 10.1 Å². The number of carbonyl (C=O) groups excluding carboxylic acids is 3. The van der Waals surface area contributed by atoms with Gasteiger partial charge in [0.05, 0.1) is 10.5 Å². The third kappa shape index (κ3) is 4.66. The van der Waals surface area contributed by atoms with Crippen LogP contribution in [0.1, 0.15) is 28.4 Å². The van der Waals surface area contributed by atoms with Crippen LogP contribution in [-0.2, 0) is 32.5 Å². The predicted molar refractivity (Wildman–Crippen MR) is 107 cm³/mol. The highest BCUT2D eigenvalue weighted by atomic mass is 32.2. The normalized spacial score (nSPS) is 15.0. The van der Waals surface area contributed by atoms with Crippen LogP contribution in [0, 0.1) is 0 Å². The molecule has 3 N–H and O–H groups in total. The zero-order valence-corrected chi connectivity index (χ0v) is 17.0. The Kier molecular flexibility index (Phi) is 6.18. The Hall–Kier alpha value is -3.24. The highest BCUT2D eigenvalue weighted by Gasteiger charge is 2.28. The van der Waals surface area contributed by atoms with Gasteiger partial charge in [0.1, 0.15) is 0 Å². The van der Waals surface area contributed by atoms with E-state index in [1.807, 2.05) is 29.6 Å². The average molecular weight is 431 g/mol. The molecule has 2 aromatic carbocycles. The van der Waals surface area contributed by atoms with Crippen molar-refractivity contribution in [2.75, 3.05) is 6.54 Å². The van der Waals surface area contributed by atoms with Crippen LogP contribution in [0.25, 0.3) is 0 Å². The number of esters is 1. The lowest BCUT2D eigenvalue weighted by atomic mass is 10.0. The van der Waals surface area contributed by atoms with Crippen molar-refractivity contribution in [1.82, 2.24) is 9.62 Å². The van der Waals surface area contributed by atoms with Crippen molar-refractivity contribution in [3.8, 4) is 0 Å². The zero-order chi connectivity index (χ0) is 21.9. The summed E-state index contributed by atoms with van der Waals surface area (Å²) >= 11 is 0. The summed E-state index contributed by atoms with van der Waals surface area (Å²) in [6.07, 6.45) is -0.618. The fourth-order valence-electron chi connectivity index (χ4n) is 3.09. The molecule has 0 bridgehead atoms. The van der Waals surface area contributed by atoms with E-state index in [1.165, 1.54) is 35.5 Å². The molecular weight excluding hydrogens is 410 g/mol. The second kappa shape index (κ2) is 8.64. The number of primary amides is 1. The lowest BCUT2D eigenvalue weighted by Gasteiger charge is -2.28. The first-order chi connectivity index (χ1) is 14.2. The first-order valence-electron chi connectivity index (χ1n) is 9.17. The number of benzene rings is 2. The van der Waals surface area contributed by atoms with Crippen LogP contribution in [0.15, 0.2) is 53.4 Å². The lowest BCUT2D eigenvalue weighted by molar-refractivity contribution is -0.127. The van der Waals surface area contributed by atoms with Crippen molar-refractivity contribution in [2.24, 2.45) is 5.73 Å². The van der Waals surface area contributed by atoms with Gasteiger partial charge in [-0.25, -0.2) is 18.0 Å². The standard InChI is InChI=1S/C20H21N3O6S/c1-13(18(24)22-20(21)26)29-19(25)15-6-8-17(9-7-15)30(27,28)23-11-10-14-4-2-3-5-16(14)12-23/h2-9,13H,10-12H2,1H3,(H3,21,22,24,26)/t13-/m1/s1. The maximum absolute atomic E-state index is 13.0. The number of hydrogen-bond donors (Lipinski definition) is 2. The van der Waals surface area contributed by atoms with E-state index in [1.54, 1.807) is 0 Å². The van der Waals surface area contributed by atoms with Gasteiger partial charge in [0, 0.05) is 13.1 Å². The van der Waals surface area contributed by atoms with E-state index in [9.17, 15) is 22.8 Å². The third-order valence-electron chi connectivity index (χ3n) is 4.72. The average Bonchev–Trinajstić information content (AvgIpc) is 2.72. The summed E-state index contributed by atoms with van der Waals surface area (Å²) in [7, 11) is -3.73. The molecule has 0 saturated heterocycles. The summed E-state index contributed by atoms with van der Waals surface area (Å²) in [5.74, 6) is -1.70. The van der Waals surface area contributed by atoms with Gasteiger partial charge >= 0.3 is 12.0 Å². The first kappa shape index (κ1) is 21.5. The largest absolute Gasteiger partial charge is 0.449 e. The Morgan fingerprint density at radius 2 is 1.70 bits per heavy atom. The monoisotopic (exact) mass is 431 g/mol. The quantitative estimate of drug-likeness (QED) is 0.682. The molecule has 9 nitrogen and oxygen atoms in total. The number of sulfonamides is 1. The molecule has 0 unspecified atom stereocenters. The van der Waals surface area contributed by atoms with Gasteiger partial charge < -0.3 is 10.5 Å². The first-order valence-corrected chi connectivity index (χ1v) is 10.6. The number of nitrogens with one attached hydrogen (secondary N) is 1. The van der Waals surface area contributed by atoms with Gasteiger partial charge in [0.25, 0.3) is 5.91 Å². The fraction of sp³-hybridized carbons (Fsp3) is 0.250. The molecule has 3 amide bonds. The van der Waals surface area contributed by atoms with Crippen molar-refractivity contribution >= 4 is 27.9 Å². The van der Waals surface area contributed by atoms with Crippen molar-refractivity contribution in [1.29, 1.82) is 0 Å². The van der Waals surface area contributed by atoms with E-state index in [2.05, 4.69) is 0 Å². The van der Waals surface area contributed by atoms with Crippen LogP contribution >= 0.6 is 0 Å². The van der Waals surface area contributed by atoms with Gasteiger partial charge in [-0.15, -0.1) is 0 Å². The van der Waals surface area contributed by atoms with Crippen molar-refractivity contribution < 1.29 is 27.5 Å². The van der Waals surface area contributed by atoms with E-state index in [4.69, 9.17) is 10.5 Å². The number of imide groups is 1. The molecule has 1 aliphatic rings. The smallest absolute Gasteiger partial charge is 0.338 e. The van der Waals surface area contributed by atoms with Gasteiger partial charge in [-0.05, 0) is 48.7 Å². The Bertz CT molecular complexity index is 1080. The Morgan fingerprint density at radius 1 is 1.07 bits per heavy atom. The molecule has 0 spiro atoms. The minimum absolute atomic E-state index is 0.0537. The van der Waals surface area contributed by atoms with Gasteiger partial charge in [0.2, 0.25) is 10.0 Å². The number of nitrogens with two attached hydrogens (primary N) is 1. The lowest BCUT2D eigenvalue weighted by Crippen LogP contribution is -2.42. The number of hydrogen-bond acceptors (Lipinski definition) is 6. The van der Waals surface area contributed by atoms with Crippen molar-refractivity contribution in [3.05, 3.63) is 65.2 Å². The van der Waals surface area contributed by atoms with Crippen LogP contribution in [0.4, 0.5) is 4.79 Å². The van der Waals surface area contributed by atoms with E-state index >= 15 is 0 Å². The number of carbonyl (C=O) groups is 3. The number of amides is 3. The zero-order valence-electron chi connectivity index (χ0n) is 16.2. The summed E-state index contributed by atoms with van der Waals surface area (Å²) < 4.78 is 32.3. The van der Waals surface area contributed by atoms with Crippen LogP contribution in [0.5, 0.6) is 0 Å². The minimum Gasteiger partial charge on any atom is -0.449 e. The van der Waals surface area contributed by atoms with Crippen LogP contribution < -0.4 is 11.1 Å². The van der Waals surface area contributed by atoms with E-state index < -0.39 is 34.0 Å². The molecule has 1 aliphatic heterocycles. The Morgan fingerprint density at radius 3 is 2.33 bits per heavy atom. The molecule has 0 saturated carbocycles. The molecule has 0 aromatic heterocycles. The van der Waals surface area contributed by atoms with Crippen LogP contribution in [0.3, 0.4) is 0 Å². The number of nitrogens with zero attached hydrogens (tertiary/aromatic N) is 1. The Balaban J connectivity index is 1.70. The van der Waals surface area contributed by atoms with Crippen LogP contribution in [0.2, 0.25) is 0 Å². The molecule has 30 heavy (non-hydrogen) atoms. The highest BCUT2D eigenvalue weighted by molar-refractivity contribution is 7.89. The molecule has 1 atom stereocenters. The number of urea groups is 1. The molecule has 3 rings (SSSR count). The molecule has 0 radical (unpaired) electrons. The van der Waals surface area contributed by atoms with Crippen LogP contribution in [-0.4, -0.2) is 43.3 Å². The topological polar surface area (TPSA) is 136 Å². The number of rotatable bonds is 5. The summed E-state index contributed by atoms with van der Waals surface area (Å²) in [6.45, 7) is 1.94. The highest BCUT2D eigenvalue weighted by Crippen LogP contribution is 2.25. The van der Waals surface area contributed by atoms with Crippen molar-refractivity contribution in [3.63, 3.8) is 0 Å². The number of ether oxygens (including phenoxy) is 1. The summed E-state index contributed by atoms with van der Waals surface area (Å²) in [4.78, 5) is 34.5. The van der Waals surface area contributed by atoms with E-state index in [-0.39, 0.29) is 17.0 Å². The molecular formula is C20H21N3O6S. The van der Waals surface area contributed by atoms with Gasteiger partial charge in [0.15, 0.2) is 6.10 Å². The molecule has 158 valence electrons. The SMILES string of the molecule is C[C@@H](OC(=O)c1ccc(S(=O)(=O)N2CCc3ccccc3C2)cc1)C(=O)NC(N)=O. The molecule has 0 aliphatic carbocycles. The maximum Gasteiger partial charge on any atom is 0.338 e. The number of fused-ring (bicyclic) bond motifs is 1. The summed E-state index contributed by atoms with van der Waals surface area (Å²) in [5.41, 5.74) is 7.02. The van der Waals surface area contributed by atoms with E-state index in [0.29, 0.717) is 13.0 Å². The molecule has 10 heteroatoms. The maximum atomic E-state index is 13.0. The molecule has 1 heterocycles. The Labute approximate surface area is 173 Å². The molecule has 0 fully saturated rings. The molecule has 2 aromatic rings. The summed E-state index contributed by atoms with van der Waals surface area (Å²) in [6, 6.07) is 11.9.